The summed E-state index contributed by atoms with van der Waals surface area (Å²) in [7, 11) is 2.42. The molecule has 5 nitrogen and oxygen atoms in total. The zero-order valence-electron chi connectivity index (χ0n) is 9.62. The fourth-order valence-corrected chi connectivity index (χ4v) is 0.726. The van der Waals surface area contributed by atoms with Crippen LogP contribution in [0.4, 0.5) is 0 Å². The van der Waals surface area contributed by atoms with Crippen molar-refractivity contribution in [3.8, 4) is 0 Å². The number of ether oxygens (including phenoxy) is 3. The molecule has 0 amide bonds. The van der Waals surface area contributed by atoms with Crippen molar-refractivity contribution >= 4 is 11.9 Å². The summed E-state index contributed by atoms with van der Waals surface area (Å²) in [6, 6.07) is 0. The van der Waals surface area contributed by atoms with Gasteiger partial charge in [0.1, 0.15) is 5.60 Å². The van der Waals surface area contributed by atoms with Crippen molar-refractivity contribution in [3.63, 3.8) is 0 Å². The number of carbonyl (C=O) groups is 2. The van der Waals surface area contributed by atoms with Crippen molar-refractivity contribution in [2.24, 2.45) is 0 Å². The van der Waals surface area contributed by atoms with Gasteiger partial charge in [0.15, 0.2) is 0 Å². The van der Waals surface area contributed by atoms with Crippen molar-refractivity contribution in [2.45, 2.75) is 26.4 Å². The molecule has 15 heavy (non-hydrogen) atoms. The highest BCUT2D eigenvalue weighted by Crippen LogP contribution is 2.14. The number of hydrogen-bond acceptors (Lipinski definition) is 5. The summed E-state index contributed by atoms with van der Waals surface area (Å²) in [6.45, 7) is 5.25. The molecule has 0 aromatic carbocycles. The van der Waals surface area contributed by atoms with Crippen molar-refractivity contribution in [1.82, 2.24) is 0 Å². The van der Waals surface area contributed by atoms with Gasteiger partial charge in [-0.1, -0.05) is 0 Å². The molecule has 0 unspecified atom stereocenters. The van der Waals surface area contributed by atoms with E-state index >= 15 is 0 Å². The zero-order valence-corrected chi connectivity index (χ0v) is 9.62. The van der Waals surface area contributed by atoms with Gasteiger partial charge in [-0.3, -0.25) is 0 Å². The molecule has 86 valence electrons. The van der Waals surface area contributed by atoms with Crippen LogP contribution in [0.15, 0.2) is 11.8 Å². The number of hydrogen-bond donors (Lipinski definition) is 0. The fourth-order valence-electron chi connectivity index (χ4n) is 0.726. The second-order valence-electron chi connectivity index (χ2n) is 3.74. The van der Waals surface area contributed by atoms with Gasteiger partial charge in [0.05, 0.1) is 20.3 Å². The summed E-state index contributed by atoms with van der Waals surface area (Å²) in [4.78, 5) is 22.2. The first-order chi connectivity index (χ1) is 6.80. The highest BCUT2D eigenvalue weighted by Gasteiger charge is 2.21. The molecule has 0 atom stereocenters. The summed E-state index contributed by atoms with van der Waals surface area (Å²) in [5.74, 6) is -1.55. The van der Waals surface area contributed by atoms with E-state index in [1.807, 2.05) is 0 Å². The van der Waals surface area contributed by atoms with Gasteiger partial charge in [0.25, 0.3) is 0 Å². The summed E-state index contributed by atoms with van der Waals surface area (Å²) < 4.78 is 14.1. The van der Waals surface area contributed by atoms with Crippen LogP contribution in [0.2, 0.25) is 0 Å². The lowest BCUT2D eigenvalue weighted by Crippen LogP contribution is -2.23. The van der Waals surface area contributed by atoms with Gasteiger partial charge in [0, 0.05) is 0 Å². The van der Waals surface area contributed by atoms with Crippen LogP contribution in [0.5, 0.6) is 0 Å². The Bertz CT molecular complexity index is 272. The first-order valence-corrected chi connectivity index (χ1v) is 4.37. The van der Waals surface area contributed by atoms with E-state index < -0.39 is 17.5 Å². The number of esters is 2. The molecule has 0 saturated heterocycles. The van der Waals surface area contributed by atoms with Gasteiger partial charge in [-0.2, -0.15) is 0 Å². The molecule has 0 spiro atoms. The Hall–Kier alpha value is -1.52. The highest BCUT2D eigenvalue weighted by atomic mass is 16.6. The van der Waals surface area contributed by atoms with Crippen molar-refractivity contribution in [2.75, 3.05) is 14.2 Å². The van der Waals surface area contributed by atoms with Gasteiger partial charge in [0.2, 0.25) is 5.76 Å². The van der Waals surface area contributed by atoms with Crippen LogP contribution in [0.3, 0.4) is 0 Å². The van der Waals surface area contributed by atoms with Crippen LogP contribution in [0.1, 0.15) is 20.8 Å². The maximum atomic E-state index is 11.2. The molecule has 0 rings (SSSR count). The minimum atomic E-state index is -0.713. The fraction of sp³-hybridized carbons (Fsp3) is 0.600. The van der Waals surface area contributed by atoms with Gasteiger partial charge < -0.3 is 14.2 Å². The van der Waals surface area contributed by atoms with Gasteiger partial charge in [-0.15, -0.1) is 0 Å². The largest absolute Gasteiger partial charge is 0.481 e. The van der Waals surface area contributed by atoms with Crippen LogP contribution in [0.25, 0.3) is 0 Å². The molecule has 0 radical (unpaired) electrons. The molecule has 0 aliphatic carbocycles. The first-order valence-electron chi connectivity index (χ1n) is 4.37. The van der Waals surface area contributed by atoms with Crippen molar-refractivity contribution < 1.29 is 23.8 Å². The van der Waals surface area contributed by atoms with Gasteiger partial charge in [-0.25, -0.2) is 9.59 Å². The Labute approximate surface area is 89.0 Å². The Morgan fingerprint density at radius 1 is 1.07 bits per heavy atom. The summed E-state index contributed by atoms with van der Waals surface area (Å²) in [5, 5.41) is 0. The second kappa shape index (κ2) is 5.38. The molecule has 0 aliphatic rings. The maximum absolute atomic E-state index is 11.2. The maximum Gasteiger partial charge on any atom is 0.373 e. The molecule has 0 aliphatic heterocycles. The van der Waals surface area contributed by atoms with E-state index in [4.69, 9.17) is 4.74 Å². The molecule has 0 aromatic rings. The quantitative estimate of drug-likeness (QED) is 0.400. The highest BCUT2D eigenvalue weighted by molar-refractivity contribution is 5.94. The van der Waals surface area contributed by atoms with E-state index in [9.17, 15) is 9.59 Å². The molecule has 5 heteroatoms. The lowest BCUT2D eigenvalue weighted by atomic mass is 10.2. The molecule has 0 aromatic heterocycles. The topological polar surface area (TPSA) is 61.8 Å². The van der Waals surface area contributed by atoms with Crippen LogP contribution in [-0.4, -0.2) is 31.8 Å². The van der Waals surface area contributed by atoms with Gasteiger partial charge in [-0.05, 0) is 20.8 Å². The Morgan fingerprint density at radius 3 is 1.93 bits per heavy atom. The standard InChI is InChI=1S/C10H16O5/c1-10(2,3)15-7(9(12)14-5)6-8(11)13-4/h6H,1-5H3/b7-6-. The van der Waals surface area contributed by atoms with Crippen molar-refractivity contribution in [1.29, 1.82) is 0 Å². The summed E-state index contributed by atoms with van der Waals surface area (Å²) >= 11 is 0. The molecular formula is C10H16O5. The van der Waals surface area contributed by atoms with Crippen LogP contribution >= 0.6 is 0 Å². The second-order valence-corrected chi connectivity index (χ2v) is 3.74. The third-order valence-corrected chi connectivity index (χ3v) is 1.25. The van der Waals surface area contributed by atoms with Gasteiger partial charge >= 0.3 is 11.9 Å². The molecular weight excluding hydrogens is 200 g/mol. The van der Waals surface area contributed by atoms with E-state index in [1.54, 1.807) is 20.8 Å². The van der Waals surface area contributed by atoms with Crippen LogP contribution in [0, 0.1) is 0 Å². The van der Waals surface area contributed by atoms with E-state index in [1.165, 1.54) is 14.2 Å². The smallest absolute Gasteiger partial charge is 0.373 e. The van der Waals surface area contributed by atoms with E-state index in [0.29, 0.717) is 0 Å². The average molecular weight is 216 g/mol. The first kappa shape index (κ1) is 13.5. The average Bonchev–Trinajstić information content (AvgIpc) is 2.13. The number of methoxy groups -OCH3 is 2. The van der Waals surface area contributed by atoms with Crippen molar-refractivity contribution in [3.05, 3.63) is 11.8 Å². The Kier molecular flexibility index (Phi) is 4.84. The molecule has 0 heterocycles. The minimum absolute atomic E-state index is 0.170. The molecule has 0 N–H and O–H groups in total. The lowest BCUT2D eigenvalue weighted by Gasteiger charge is -2.21. The van der Waals surface area contributed by atoms with E-state index in [0.717, 1.165) is 6.08 Å². The third kappa shape index (κ3) is 5.72. The zero-order chi connectivity index (χ0) is 12.1. The molecule has 0 fully saturated rings. The minimum Gasteiger partial charge on any atom is -0.481 e. The molecule has 0 bridgehead atoms. The van der Waals surface area contributed by atoms with E-state index in [-0.39, 0.29) is 5.76 Å². The van der Waals surface area contributed by atoms with E-state index in [2.05, 4.69) is 9.47 Å². The van der Waals surface area contributed by atoms with Crippen LogP contribution < -0.4 is 0 Å². The summed E-state index contributed by atoms with van der Waals surface area (Å²) in [5.41, 5.74) is -0.589. The number of carbonyl (C=O) groups excluding carboxylic acids is 2. The Balaban J connectivity index is 4.82. The van der Waals surface area contributed by atoms with Crippen LogP contribution in [-0.2, 0) is 23.8 Å². The third-order valence-electron chi connectivity index (χ3n) is 1.25. The predicted molar refractivity (Wildman–Crippen MR) is 53.0 cm³/mol. The molecule has 0 saturated carbocycles. The number of rotatable bonds is 3. The Morgan fingerprint density at radius 2 is 1.60 bits per heavy atom. The lowest BCUT2D eigenvalue weighted by molar-refractivity contribution is -0.144. The normalized spacial score (nSPS) is 11.9. The predicted octanol–water partition coefficient (Wildman–Crippen LogP) is 1.03. The SMILES string of the molecule is COC(=O)/C=C(\OC(C)(C)C)C(=O)OC. The monoisotopic (exact) mass is 216 g/mol. The summed E-state index contributed by atoms with van der Waals surface area (Å²) in [6.07, 6.45) is 0.955.